The van der Waals surface area contributed by atoms with Crippen molar-refractivity contribution in [2.45, 2.75) is 6.92 Å². The van der Waals surface area contributed by atoms with Crippen LogP contribution < -0.4 is 0 Å². The highest BCUT2D eigenvalue weighted by atomic mass is 14.8. The summed E-state index contributed by atoms with van der Waals surface area (Å²) in [6.45, 7) is 6.71. The first-order chi connectivity index (χ1) is 30.1. The minimum Gasteiger partial charge on any atom is -0.248 e. The van der Waals surface area contributed by atoms with Crippen LogP contribution in [0.4, 0.5) is 0 Å². The van der Waals surface area contributed by atoms with Gasteiger partial charge in [-0.25, -0.2) is 4.99 Å². The standard InChI is InChI=1S/C60H45N/c1-43(45-22-9-3-10-23-45)36-59(50-32-19-8-20-33-50)61-44(2)51-34-21-35-52(37-51)60-57(48-28-15-6-16-29-48)41-56(42-58(60)49-30-17-7-18-31-49)55-39-53(46-24-11-4-12-25-46)38-54(40-55)47-26-13-5-14-27-47/h3-42H,2H2,1H3/b43-36+,61-59?. The molecule has 0 radical (unpaired) electrons. The minimum absolute atomic E-state index is 0.697. The third-order valence-electron chi connectivity index (χ3n) is 11.2. The van der Waals surface area contributed by atoms with Gasteiger partial charge in [-0.15, -0.1) is 0 Å². The third kappa shape index (κ3) is 8.78. The van der Waals surface area contributed by atoms with Gasteiger partial charge in [0, 0.05) is 11.1 Å². The van der Waals surface area contributed by atoms with E-state index in [1.807, 2.05) is 12.1 Å². The van der Waals surface area contributed by atoms with Gasteiger partial charge in [0.25, 0.3) is 0 Å². The molecule has 9 aromatic rings. The molecular formula is C60H45N. The van der Waals surface area contributed by atoms with Crippen molar-refractivity contribution in [2.24, 2.45) is 4.99 Å². The summed E-state index contributed by atoms with van der Waals surface area (Å²) in [6.07, 6.45) is 2.16. The third-order valence-corrected chi connectivity index (χ3v) is 11.2. The van der Waals surface area contributed by atoms with E-state index in [2.05, 4.69) is 244 Å². The fourth-order valence-electron chi connectivity index (χ4n) is 8.04. The highest BCUT2D eigenvalue weighted by Gasteiger charge is 2.19. The topological polar surface area (TPSA) is 12.4 Å². The van der Waals surface area contributed by atoms with Crippen LogP contribution in [0, 0.1) is 0 Å². The van der Waals surface area contributed by atoms with Crippen LogP contribution >= 0.6 is 0 Å². The molecule has 9 aromatic carbocycles. The first-order valence-electron chi connectivity index (χ1n) is 20.8. The Kier molecular flexibility index (Phi) is 11.4. The molecule has 0 heterocycles. The predicted octanol–water partition coefficient (Wildman–Crippen LogP) is 16.3. The van der Waals surface area contributed by atoms with Gasteiger partial charge in [0.1, 0.15) is 0 Å². The molecule has 290 valence electrons. The van der Waals surface area contributed by atoms with Crippen molar-refractivity contribution < 1.29 is 0 Å². The summed E-state index contributed by atoms with van der Waals surface area (Å²) in [5.74, 6) is 0. The molecule has 1 heteroatoms. The molecule has 9 rings (SSSR count). The number of hydrogen-bond donors (Lipinski definition) is 0. The second kappa shape index (κ2) is 18.0. The number of benzene rings is 9. The van der Waals surface area contributed by atoms with E-state index in [4.69, 9.17) is 4.99 Å². The van der Waals surface area contributed by atoms with E-state index >= 15 is 0 Å². The van der Waals surface area contributed by atoms with Crippen molar-refractivity contribution in [3.05, 3.63) is 266 Å². The zero-order valence-corrected chi connectivity index (χ0v) is 34.2. The molecule has 0 saturated heterocycles. The maximum Gasteiger partial charge on any atom is 0.0712 e. The van der Waals surface area contributed by atoms with Crippen molar-refractivity contribution in [3.63, 3.8) is 0 Å². The van der Waals surface area contributed by atoms with Crippen LogP contribution in [0.15, 0.2) is 254 Å². The lowest BCUT2D eigenvalue weighted by molar-refractivity contribution is 1.48. The van der Waals surface area contributed by atoms with Crippen LogP contribution in [0.1, 0.15) is 23.6 Å². The Morgan fingerprint density at radius 2 is 0.705 bits per heavy atom. The lowest BCUT2D eigenvalue weighted by Gasteiger charge is -2.20. The zero-order valence-electron chi connectivity index (χ0n) is 34.2. The van der Waals surface area contributed by atoms with Crippen molar-refractivity contribution in [2.75, 3.05) is 0 Å². The maximum absolute atomic E-state index is 5.24. The summed E-state index contributed by atoms with van der Waals surface area (Å²) in [5.41, 5.74) is 19.7. The Balaban J connectivity index is 1.23. The average molecular weight is 780 g/mol. The summed E-state index contributed by atoms with van der Waals surface area (Å²) in [5, 5.41) is 0. The van der Waals surface area contributed by atoms with Gasteiger partial charge in [0.15, 0.2) is 0 Å². The molecule has 0 fully saturated rings. The molecule has 0 aliphatic rings. The van der Waals surface area contributed by atoms with Crippen molar-refractivity contribution in [3.8, 4) is 66.8 Å². The van der Waals surface area contributed by atoms with Gasteiger partial charge >= 0.3 is 0 Å². The largest absolute Gasteiger partial charge is 0.248 e. The Morgan fingerprint density at radius 3 is 1.18 bits per heavy atom. The van der Waals surface area contributed by atoms with Crippen LogP contribution in [0.25, 0.3) is 78.0 Å². The lowest BCUT2D eigenvalue weighted by atomic mass is 9.83. The predicted molar refractivity (Wildman–Crippen MR) is 261 cm³/mol. The van der Waals surface area contributed by atoms with Gasteiger partial charge in [0.2, 0.25) is 0 Å². The fraction of sp³-hybridized carbons (Fsp3) is 0.0167. The van der Waals surface area contributed by atoms with E-state index in [1.54, 1.807) is 0 Å². The van der Waals surface area contributed by atoms with Gasteiger partial charge in [-0.05, 0) is 127 Å². The van der Waals surface area contributed by atoms with E-state index < -0.39 is 0 Å². The molecule has 0 aliphatic heterocycles. The number of hydrogen-bond acceptors (Lipinski definition) is 1. The number of aliphatic imine (C=N–C) groups is 1. The molecule has 0 atom stereocenters. The fourth-order valence-corrected chi connectivity index (χ4v) is 8.04. The first kappa shape index (κ1) is 38.6. The number of rotatable bonds is 11. The van der Waals surface area contributed by atoms with E-state index in [0.717, 1.165) is 72.5 Å². The zero-order chi connectivity index (χ0) is 41.4. The van der Waals surface area contributed by atoms with Crippen molar-refractivity contribution in [1.82, 2.24) is 0 Å². The van der Waals surface area contributed by atoms with E-state index in [9.17, 15) is 0 Å². The van der Waals surface area contributed by atoms with E-state index in [0.29, 0.717) is 5.70 Å². The van der Waals surface area contributed by atoms with Gasteiger partial charge in [-0.1, -0.05) is 207 Å². The van der Waals surface area contributed by atoms with Gasteiger partial charge in [-0.2, -0.15) is 0 Å². The highest BCUT2D eigenvalue weighted by Crippen LogP contribution is 2.45. The highest BCUT2D eigenvalue weighted by molar-refractivity contribution is 6.14. The summed E-state index contributed by atoms with van der Waals surface area (Å²) >= 11 is 0. The second-order valence-corrected chi connectivity index (χ2v) is 15.3. The molecule has 0 unspecified atom stereocenters. The summed E-state index contributed by atoms with van der Waals surface area (Å²) in [4.78, 5) is 5.24. The summed E-state index contributed by atoms with van der Waals surface area (Å²) in [6, 6.07) is 84.1. The second-order valence-electron chi connectivity index (χ2n) is 15.3. The van der Waals surface area contributed by atoms with Crippen LogP contribution in [0.5, 0.6) is 0 Å². The quantitative estimate of drug-likeness (QED) is 0.116. The van der Waals surface area contributed by atoms with Crippen LogP contribution in [-0.4, -0.2) is 5.71 Å². The molecule has 0 aromatic heterocycles. The van der Waals surface area contributed by atoms with E-state index in [1.165, 1.54) is 22.3 Å². The monoisotopic (exact) mass is 779 g/mol. The smallest absolute Gasteiger partial charge is 0.0712 e. The molecule has 1 nitrogen and oxygen atoms in total. The molecule has 61 heavy (non-hydrogen) atoms. The summed E-state index contributed by atoms with van der Waals surface area (Å²) in [7, 11) is 0. The van der Waals surface area contributed by atoms with Gasteiger partial charge < -0.3 is 0 Å². The number of allylic oxidation sites excluding steroid dienone is 2. The molecule has 0 amide bonds. The molecular weight excluding hydrogens is 735 g/mol. The first-order valence-corrected chi connectivity index (χ1v) is 20.8. The van der Waals surface area contributed by atoms with E-state index in [-0.39, 0.29) is 0 Å². The van der Waals surface area contributed by atoms with Gasteiger partial charge in [0.05, 0.1) is 11.4 Å². The average Bonchev–Trinajstić information content (AvgIpc) is 3.35. The van der Waals surface area contributed by atoms with Crippen LogP contribution in [-0.2, 0) is 0 Å². The minimum atomic E-state index is 0.697. The Hall–Kier alpha value is -7.87. The molecule has 0 bridgehead atoms. The molecule has 0 N–H and O–H groups in total. The summed E-state index contributed by atoms with van der Waals surface area (Å²) < 4.78 is 0. The van der Waals surface area contributed by atoms with Crippen LogP contribution in [0.2, 0.25) is 0 Å². The normalized spacial score (nSPS) is 11.6. The SMILES string of the molecule is C=C(N=C(/C=C(\C)c1ccccc1)c1ccccc1)c1cccc(-c2c(-c3ccccc3)cc(-c3cc(-c4ccccc4)cc(-c4ccccc4)c3)cc2-c2ccccc2)c1. The molecule has 0 aliphatic carbocycles. The Morgan fingerprint density at radius 1 is 0.344 bits per heavy atom. The molecule has 0 spiro atoms. The molecule has 0 saturated carbocycles. The van der Waals surface area contributed by atoms with Crippen LogP contribution in [0.3, 0.4) is 0 Å². The Bertz CT molecular complexity index is 2860. The van der Waals surface area contributed by atoms with Crippen molar-refractivity contribution >= 4 is 17.0 Å². The number of nitrogens with zero attached hydrogens (tertiary/aromatic N) is 1. The maximum atomic E-state index is 5.24. The Labute approximate surface area is 360 Å². The lowest BCUT2D eigenvalue weighted by Crippen LogP contribution is -1.99. The van der Waals surface area contributed by atoms with Crippen molar-refractivity contribution in [1.29, 1.82) is 0 Å². The van der Waals surface area contributed by atoms with Gasteiger partial charge in [-0.3, -0.25) is 0 Å².